The van der Waals surface area contributed by atoms with Gasteiger partial charge >= 0.3 is 0 Å². The van der Waals surface area contributed by atoms with E-state index in [9.17, 15) is 0 Å². The maximum Gasteiger partial charge on any atom is 0.0758 e. The second-order valence-electron chi connectivity index (χ2n) is 4.07. The molecule has 1 aromatic rings. The maximum absolute atomic E-state index is 5.76. The third-order valence-corrected chi connectivity index (χ3v) is 2.78. The molecule has 0 amide bonds. The Morgan fingerprint density at radius 1 is 1.57 bits per heavy atom. The highest BCUT2D eigenvalue weighted by Crippen LogP contribution is 2.20. The quantitative estimate of drug-likeness (QED) is 0.792. The second kappa shape index (κ2) is 4.15. The molecule has 3 heteroatoms. The topological polar surface area (TPSA) is 40.2 Å². The van der Waals surface area contributed by atoms with Gasteiger partial charge in [0, 0.05) is 25.5 Å². The summed E-state index contributed by atoms with van der Waals surface area (Å²) in [6, 6.07) is 2.07. The standard InChI is InChI=1S/C11H18N2O/c1-9-2-3-11(14-9)8-13-5-4-10(6-12)7-13/h4-5,7,9,11H,2-3,6,8,12H2,1H3. The zero-order chi connectivity index (χ0) is 9.97. The fraction of sp³-hybridized carbons (Fsp3) is 0.636. The van der Waals surface area contributed by atoms with E-state index < -0.39 is 0 Å². The summed E-state index contributed by atoms with van der Waals surface area (Å²) in [6.07, 6.45) is 7.38. The molecule has 0 saturated carbocycles. The van der Waals surface area contributed by atoms with E-state index in [1.807, 2.05) is 0 Å². The Labute approximate surface area is 84.9 Å². The molecule has 2 heterocycles. The number of rotatable bonds is 3. The Bertz CT molecular complexity index is 295. The van der Waals surface area contributed by atoms with Crippen LogP contribution in [0.2, 0.25) is 0 Å². The highest BCUT2D eigenvalue weighted by molar-refractivity contribution is 5.09. The summed E-state index contributed by atoms with van der Waals surface area (Å²) in [4.78, 5) is 0. The molecule has 1 fully saturated rings. The highest BCUT2D eigenvalue weighted by Gasteiger charge is 2.21. The van der Waals surface area contributed by atoms with Gasteiger partial charge in [0.2, 0.25) is 0 Å². The molecule has 0 aliphatic carbocycles. The van der Waals surface area contributed by atoms with E-state index >= 15 is 0 Å². The molecule has 0 spiro atoms. The lowest BCUT2D eigenvalue weighted by Gasteiger charge is -2.11. The van der Waals surface area contributed by atoms with E-state index in [1.165, 1.54) is 18.4 Å². The van der Waals surface area contributed by atoms with E-state index in [1.54, 1.807) is 0 Å². The number of ether oxygens (including phenoxy) is 1. The molecule has 0 aromatic carbocycles. The van der Waals surface area contributed by atoms with E-state index in [0.717, 1.165) is 6.54 Å². The molecule has 2 N–H and O–H groups in total. The lowest BCUT2D eigenvalue weighted by atomic mass is 10.2. The molecule has 3 nitrogen and oxygen atoms in total. The Kier molecular flexibility index (Phi) is 2.89. The van der Waals surface area contributed by atoms with Crippen molar-refractivity contribution in [2.45, 2.75) is 45.1 Å². The SMILES string of the molecule is CC1CCC(Cn2ccc(CN)c2)O1. The molecule has 1 aromatic heterocycles. The number of nitrogens with two attached hydrogens (primary N) is 1. The van der Waals surface area contributed by atoms with Crippen LogP contribution in [0.15, 0.2) is 18.5 Å². The second-order valence-corrected chi connectivity index (χ2v) is 4.07. The van der Waals surface area contributed by atoms with E-state index in [4.69, 9.17) is 10.5 Å². The van der Waals surface area contributed by atoms with Crippen LogP contribution >= 0.6 is 0 Å². The molecule has 0 radical (unpaired) electrons. The van der Waals surface area contributed by atoms with Gasteiger partial charge in [-0.05, 0) is 31.4 Å². The molecule has 1 saturated heterocycles. The lowest BCUT2D eigenvalue weighted by Crippen LogP contribution is -2.15. The molecule has 1 aliphatic rings. The summed E-state index contributed by atoms with van der Waals surface area (Å²) >= 11 is 0. The van der Waals surface area contributed by atoms with Gasteiger partial charge in [-0.1, -0.05) is 0 Å². The summed E-state index contributed by atoms with van der Waals surface area (Å²) in [6.45, 7) is 3.72. The van der Waals surface area contributed by atoms with Crippen LogP contribution < -0.4 is 5.73 Å². The summed E-state index contributed by atoms with van der Waals surface area (Å²) < 4.78 is 7.93. The van der Waals surface area contributed by atoms with Gasteiger partial charge in [-0.25, -0.2) is 0 Å². The Balaban J connectivity index is 1.90. The molecular formula is C11H18N2O. The molecule has 78 valence electrons. The average molecular weight is 194 g/mol. The van der Waals surface area contributed by atoms with Crippen molar-refractivity contribution in [2.75, 3.05) is 0 Å². The van der Waals surface area contributed by atoms with Crippen molar-refractivity contribution in [3.05, 3.63) is 24.0 Å². The molecule has 2 rings (SSSR count). The van der Waals surface area contributed by atoms with Crippen LogP contribution in [-0.4, -0.2) is 16.8 Å². The van der Waals surface area contributed by atoms with Crippen LogP contribution in [0, 0.1) is 0 Å². The molecule has 2 atom stereocenters. The van der Waals surface area contributed by atoms with Crippen LogP contribution in [0.3, 0.4) is 0 Å². The minimum absolute atomic E-state index is 0.392. The van der Waals surface area contributed by atoms with Gasteiger partial charge in [0.1, 0.15) is 0 Å². The van der Waals surface area contributed by atoms with Gasteiger partial charge in [0.15, 0.2) is 0 Å². The van der Waals surface area contributed by atoms with Crippen molar-refractivity contribution in [1.29, 1.82) is 0 Å². The van der Waals surface area contributed by atoms with Crippen LogP contribution in [0.1, 0.15) is 25.3 Å². The van der Waals surface area contributed by atoms with Crippen LogP contribution in [0.5, 0.6) is 0 Å². The summed E-state index contributed by atoms with van der Waals surface area (Å²) in [7, 11) is 0. The first kappa shape index (κ1) is 9.74. The van der Waals surface area contributed by atoms with Crippen molar-refractivity contribution in [3.63, 3.8) is 0 Å². The third-order valence-electron chi connectivity index (χ3n) is 2.78. The number of hydrogen-bond acceptors (Lipinski definition) is 2. The molecule has 0 bridgehead atoms. The van der Waals surface area contributed by atoms with E-state index in [-0.39, 0.29) is 0 Å². The Morgan fingerprint density at radius 3 is 3.00 bits per heavy atom. The van der Waals surface area contributed by atoms with Gasteiger partial charge in [-0.2, -0.15) is 0 Å². The van der Waals surface area contributed by atoms with Crippen molar-refractivity contribution < 1.29 is 4.74 Å². The maximum atomic E-state index is 5.76. The van der Waals surface area contributed by atoms with Crippen LogP contribution in [0.25, 0.3) is 0 Å². The predicted molar refractivity (Wildman–Crippen MR) is 55.9 cm³/mol. The number of hydrogen-bond donors (Lipinski definition) is 1. The predicted octanol–water partition coefficient (Wildman–Crippen LogP) is 1.51. The molecule has 2 unspecified atom stereocenters. The van der Waals surface area contributed by atoms with Gasteiger partial charge in [0.25, 0.3) is 0 Å². The fourth-order valence-corrected chi connectivity index (χ4v) is 1.98. The fourth-order valence-electron chi connectivity index (χ4n) is 1.98. The average Bonchev–Trinajstić information content (AvgIpc) is 2.76. The molecular weight excluding hydrogens is 176 g/mol. The van der Waals surface area contributed by atoms with Crippen LogP contribution in [-0.2, 0) is 17.8 Å². The Morgan fingerprint density at radius 2 is 2.43 bits per heavy atom. The van der Waals surface area contributed by atoms with Crippen molar-refractivity contribution >= 4 is 0 Å². The Hall–Kier alpha value is -0.800. The number of nitrogens with zero attached hydrogens (tertiary/aromatic N) is 1. The molecule has 1 aliphatic heterocycles. The summed E-state index contributed by atoms with van der Waals surface area (Å²) in [5.41, 5.74) is 6.74. The summed E-state index contributed by atoms with van der Waals surface area (Å²) in [5.74, 6) is 0. The minimum atomic E-state index is 0.392. The van der Waals surface area contributed by atoms with Crippen LogP contribution in [0.4, 0.5) is 0 Å². The minimum Gasteiger partial charge on any atom is -0.373 e. The zero-order valence-electron chi connectivity index (χ0n) is 8.65. The molecule has 14 heavy (non-hydrogen) atoms. The number of aromatic nitrogens is 1. The van der Waals surface area contributed by atoms with Crippen molar-refractivity contribution in [3.8, 4) is 0 Å². The highest BCUT2D eigenvalue weighted by atomic mass is 16.5. The third kappa shape index (κ3) is 2.16. The van der Waals surface area contributed by atoms with Gasteiger partial charge in [-0.3, -0.25) is 0 Å². The van der Waals surface area contributed by atoms with Gasteiger partial charge in [0.05, 0.1) is 12.2 Å². The van der Waals surface area contributed by atoms with Crippen molar-refractivity contribution in [1.82, 2.24) is 4.57 Å². The smallest absolute Gasteiger partial charge is 0.0758 e. The van der Waals surface area contributed by atoms with Gasteiger partial charge < -0.3 is 15.0 Å². The monoisotopic (exact) mass is 194 g/mol. The lowest BCUT2D eigenvalue weighted by molar-refractivity contribution is 0.0458. The largest absolute Gasteiger partial charge is 0.373 e. The van der Waals surface area contributed by atoms with E-state index in [2.05, 4.69) is 30.0 Å². The van der Waals surface area contributed by atoms with E-state index in [0.29, 0.717) is 18.8 Å². The van der Waals surface area contributed by atoms with Crippen molar-refractivity contribution in [2.24, 2.45) is 5.73 Å². The first-order valence-corrected chi connectivity index (χ1v) is 5.28. The first-order valence-electron chi connectivity index (χ1n) is 5.28. The normalized spacial score (nSPS) is 27.0. The van der Waals surface area contributed by atoms with Gasteiger partial charge in [-0.15, -0.1) is 0 Å². The summed E-state index contributed by atoms with van der Waals surface area (Å²) in [5, 5.41) is 0. The zero-order valence-corrected chi connectivity index (χ0v) is 8.65. The first-order chi connectivity index (χ1) is 6.78.